The van der Waals surface area contributed by atoms with Gasteiger partial charge in [-0.15, -0.1) is 0 Å². The molecule has 5 nitrogen and oxygen atoms in total. The van der Waals surface area contributed by atoms with Crippen molar-refractivity contribution in [2.75, 3.05) is 0 Å². The molecule has 1 heterocycles. The van der Waals surface area contributed by atoms with E-state index in [1.165, 1.54) is 6.08 Å². The molecule has 0 aliphatic carbocycles. The topological polar surface area (TPSA) is 64.3 Å². The lowest BCUT2D eigenvalue weighted by Gasteiger charge is -2.12. The average Bonchev–Trinajstić information content (AvgIpc) is 2.80. The van der Waals surface area contributed by atoms with Crippen molar-refractivity contribution in [3.05, 3.63) is 51.8 Å². The summed E-state index contributed by atoms with van der Waals surface area (Å²) in [6.07, 6.45) is 4.46. The van der Waals surface area contributed by atoms with Gasteiger partial charge in [-0.05, 0) is 36.8 Å². The summed E-state index contributed by atoms with van der Waals surface area (Å²) in [6.45, 7) is 2.24. The highest BCUT2D eigenvalue weighted by atomic mass is 79.9. The van der Waals surface area contributed by atoms with E-state index >= 15 is 0 Å². The van der Waals surface area contributed by atoms with Gasteiger partial charge in [-0.3, -0.25) is 4.68 Å². The molecule has 1 aromatic heterocycles. The lowest BCUT2D eigenvalue weighted by atomic mass is 10.1. The van der Waals surface area contributed by atoms with Gasteiger partial charge in [-0.1, -0.05) is 15.9 Å². The van der Waals surface area contributed by atoms with E-state index < -0.39 is 5.97 Å². The number of benzene rings is 1. The number of aromatic nitrogens is 2. The number of carboxylic acids is 1. The van der Waals surface area contributed by atoms with E-state index in [4.69, 9.17) is 9.84 Å². The van der Waals surface area contributed by atoms with Crippen LogP contribution in [0.25, 0.3) is 6.08 Å². The maximum atomic E-state index is 10.7. The Labute approximate surface area is 131 Å². The average molecular weight is 351 g/mol. The van der Waals surface area contributed by atoms with Crippen LogP contribution in [0.3, 0.4) is 0 Å². The maximum absolute atomic E-state index is 10.7. The van der Waals surface area contributed by atoms with Crippen LogP contribution in [0, 0.1) is 6.92 Å². The molecule has 1 N–H and O–H groups in total. The van der Waals surface area contributed by atoms with Gasteiger partial charge in [0.15, 0.2) is 0 Å². The van der Waals surface area contributed by atoms with E-state index in [-0.39, 0.29) is 0 Å². The highest BCUT2D eigenvalue weighted by Crippen LogP contribution is 2.29. The Hall–Kier alpha value is -2.08. The minimum Gasteiger partial charge on any atom is -0.486 e. The molecule has 2 aromatic rings. The second kappa shape index (κ2) is 6.58. The van der Waals surface area contributed by atoms with Gasteiger partial charge < -0.3 is 9.84 Å². The number of hydrogen-bond donors (Lipinski definition) is 1. The number of aliphatic carboxylic acids is 1. The summed E-state index contributed by atoms with van der Waals surface area (Å²) >= 11 is 3.40. The van der Waals surface area contributed by atoms with Gasteiger partial charge in [-0.25, -0.2) is 4.79 Å². The molecule has 0 radical (unpaired) electrons. The first kappa shape index (κ1) is 15.3. The van der Waals surface area contributed by atoms with Crippen LogP contribution in [0.5, 0.6) is 5.75 Å². The quantitative estimate of drug-likeness (QED) is 0.841. The van der Waals surface area contributed by atoms with E-state index in [9.17, 15) is 4.79 Å². The summed E-state index contributed by atoms with van der Waals surface area (Å²) in [4.78, 5) is 10.7. The largest absolute Gasteiger partial charge is 0.486 e. The molecule has 0 aliphatic rings. The lowest BCUT2D eigenvalue weighted by Crippen LogP contribution is -2.01. The van der Waals surface area contributed by atoms with Gasteiger partial charge in [0.05, 0.1) is 5.69 Å². The van der Waals surface area contributed by atoms with E-state index in [0.717, 1.165) is 21.8 Å². The number of carbonyl (C=O) groups is 1. The van der Waals surface area contributed by atoms with Crippen LogP contribution in [0.15, 0.2) is 34.9 Å². The van der Waals surface area contributed by atoms with Gasteiger partial charge in [0.2, 0.25) is 0 Å². The number of nitrogens with zero attached hydrogens (tertiary/aromatic N) is 2. The summed E-state index contributed by atoms with van der Waals surface area (Å²) in [6, 6.07) is 5.62. The van der Waals surface area contributed by atoms with E-state index in [2.05, 4.69) is 21.0 Å². The van der Waals surface area contributed by atoms with Crippen molar-refractivity contribution in [1.29, 1.82) is 0 Å². The fourth-order valence-corrected chi connectivity index (χ4v) is 2.51. The monoisotopic (exact) mass is 350 g/mol. The summed E-state index contributed by atoms with van der Waals surface area (Å²) in [5, 5.41) is 13.0. The van der Waals surface area contributed by atoms with E-state index in [1.807, 2.05) is 38.4 Å². The SMILES string of the molecule is Cc1cc(Br)cc(/C=C/C(=O)O)c1OCc1ccn(C)n1. The third kappa shape index (κ3) is 4.19. The van der Waals surface area contributed by atoms with Crippen LogP contribution in [0.1, 0.15) is 16.8 Å². The molecular weight excluding hydrogens is 336 g/mol. The highest BCUT2D eigenvalue weighted by Gasteiger charge is 2.09. The molecule has 0 atom stereocenters. The summed E-state index contributed by atoms with van der Waals surface area (Å²) in [5.41, 5.74) is 2.44. The first-order chi connectivity index (χ1) is 9.95. The van der Waals surface area contributed by atoms with Crippen LogP contribution in [0.2, 0.25) is 0 Å². The third-order valence-corrected chi connectivity index (χ3v) is 3.26. The van der Waals surface area contributed by atoms with E-state index in [0.29, 0.717) is 17.9 Å². The molecular formula is C15H15BrN2O3. The van der Waals surface area contributed by atoms with Gasteiger partial charge in [-0.2, -0.15) is 5.10 Å². The Balaban J connectivity index is 2.26. The molecule has 0 spiro atoms. The second-order valence-corrected chi connectivity index (χ2v) is 5.50. The molecule has 0 saturated carbocycles. The Morgan fingerprint density at radius 2 is 2.29 bits per heavy atom. The van der Waals surface area contributed by atoms with Crippen LogP contribution in [-0.4, -0.2) is 20.9 Å². The van der Waals surface area contributed by atoms with Crippen molar-refractivity contribution in [3.8, 4) is 5.75 Å². The highest BCUT2D eigenvalue weighted by molar-refractivity contribution is 9.10. The van der Waals surface area contributed by atoms with Crippen LogP contribution in [0.4, 0.5) is 0 Å². The zero-order valence-corrected chi connectivity index (χ0v) is 13.3. The minimum absolute atomic E-state index is 0.331. The molecule has 0 aliphatic heterocycles. The molecule has 1 aromatic carbocycles. The van der Waals surface area contributed by atoms with Crippen molar-refractivity contribution < 1.29 is 14.6 Å². The Morgan fingerprint density at radius 3 is 2.90 bits per heavy atom. The number of carboxylic acid groups (broad SMARTS) is 1. The number of rotatable bonds is 5. The molecule has 0 saturated heterocycles. The third-order valence-electron chi connectivity index (χ3n) is 2.81. The summed E-state index contributed by atoms with van der Waals surface area (Å²) in [5.74, 6) is -0.343. The summed E-state index contributed by atoms with van der Waals surface area (Å²) in [7, 11) is 1.84. The smallest absolute Gasteiger partial charge is 0.328 e. The first-order valence-electron chi connectivity index (χ1n) is 6.28. The Morgan fingerprint density at radius 1 is 1.52 bits per heavy atom. The molecule has 110 valence electrons. The van der Waals surface area contributed by atoms with Gasteiger partial charge in [0, 0.05) is 29.4 Å². The maximum Gasteiger partial charge on any atom is 0.328 e. The van der Waals surface area contributed by atoms with Crippen molar-refractivity contribution in [3.63, 3.8) is 0 Å². The van der Waals surface area contributed by atoms with Crippen molar-refractivity contribution in [1.82, 2.24) is 9.78 Å². The molecule has 21 heavy (non-hydrogen) atoms. The summed E-state index contributed by atoms with van der Waals surface area (Å²) < 4.78 is 8.39. The van der Waals surface area contributed by atoms with Crippen molar-refractivity contribution in [2.24, 2.45) is 7.05 Å². The normalized spacial score (nSPS) is 11.0. The first-order valence-corrected chi connectivity index (χ1v) is 7.07. The number of aryl methyl sites for hydroxylation is 2. The number of ether oxygens (including phenoxy) is 1. The van der Waals surface area contributed by atoms with Crippen LogP contribution in [-0.2, 0) is 18.4 Å². The fraction of sp³-hybridized carbons (Fsp3) is 0.200. The van der Waals surface area contributed by atoms with Crippen molar-refractivity contribution >= 4 is 28.0 Å². The van der Waals surface area contributed by atoms with Crippen LogP contribution >= 0.6 is 15.9 Å². The minimum atomic E-state index is -0.997. The van der Waals surface area contributed by atoms with Gasteiger partial charge >= 0.3 is 5.97 Å². The van der Waals surface area contributed by atoms with Gasteiger partial charge in [0.25, 0.3) is 0 Å². The predicted octanol–water partition coefficient (Wildman–Crippen LogP) is 3.17. The molecule has 0 fully saturated rings. The Kier molecular flexibility index (Phi) is 4.80. The van der Waals surface area contributed by atoms with Gasteiger partial charge in [0.1, 0.15) is 12.4 Å². The zero-order chi connectivity index (χ0) is 15.4. The van der Waals surface area contributed by atoms with Crippen LogP contribution < -0.4 is 4.74 Å². The Bertz CT molecular complexity index is 692. The molecule has 0 amide bonds. The molecule has 0 bridgehead atoms. The molecule has 0 unspecified atom stereocenters. The fourth-order valence-electron chi connectivity index (χ4n) is 1.92. The lowest BCUT2D eigenvalue weighted by molar-refractivity contribution is -0.131. The second-order valence-electron chi connectivity index (χ2n) is 4.58. The number of hydrogen-bond acceptors (Lipinski definition) is 3. The zero-order valence-electron chi connectivity index (χ0n) is 11.7. The molecule has 6 heteroatoms. The van der Waals surface area contributed by atoms with Crippen molar-refractivity contribution in [2.45, 2.75) is 13.5 Å². The number of halogens is 1. The standard InChI is InChI=1S/C15H15BrN2O3/c1-10-7-12(16)8-11(3-4-14(19)20)15(10)21-9-13-5-6-18(2)17-13/h3-8H,9H2,1-2H3,(H,19,20)/b4-3+. The predicted molar refractivity (Wildman–Crippen MR) is 83.1 cm³/mol. The molecule has 2 rings (SSSR count). The van der Waals surface area contributed by atoms with E-state index in [1.54, 1.807) is 4.68 Å².